The van der Waals surface area contributed by atoms with Crippen molar-refractivity contribution in [2.75, 3.05) is 11.9 Å². The zero-order valence-corrected chi connectivity index (χ0v) is 11.5. The number of rotatable bonds is 5. The summed E-state index contributed by atoms with van der Waals surface area (Å²) >= 11 is 0. The Bertz CT molecular complexity index is 626. The molecule has 0 fully saturated rings. The number of aliphatic hydroxyl groups is 1. The predicted octanol–water partition coefficient (Wildman–Crippen LogP) is 3.39. The SMILES string of the molecule is OCc1cc(NCCc2ccc(C(F)(F)F)cn2)ccc1F. The van der Waals surface area contributed by atoms with Gasteiger partial charge in [-0.05, 0) is 30.3 Å². The molecule has 0 saturated heterocycles. The molecule has 0 radical (unpaired) electrons. The lowest BCUT2D eigenvalue weighted by Gasteiger charge is -2.09. The number of hydrogen-bond acceptors (Lipinski definition) is 3. The van der Waals surface area contributed by atoms with Crippen molar-refractivity contribution < 1.29 is 22.7 Å². The molecule has 118 valence electrons. The lowest BCUT2D eigenvalue weighted by Crippen LogP contribution is -2.09. The zero-order chi connectivity index (χ0) is 16.2. The van der Waals surface area contributed by atoms with Crippen molar-refractivity contribution in [1.82, 2.24) is 4.98 Å². The summed E-state index contributed by atoms with van der Waals surface area (Å²) in [6.45, 7) is 0.0245. The lowest BCUT2D eigenvalue weighted by atomic mass is 10.2. The fraction of sp³-hybridized carbons (Fsp3) is 0.267. The number of nitrogens with zero attached hydrogens (tertiary/aromatic N) is 1. The van der Waals surface area contributed by atoms with E-state index in [1.165, 1.54) is 24.3 Å². The van der Waals surface area contributed by atoms with E-state index in [1.807, 2.05) is 0 Å². The van der Waals surface area contributed by atoms with Crippen molar-refractivity contribution >= 4 is 5.69 Å². The van der Waals surface area contributed by atoms with E-state index in [1.54, 1.807) is 0 Å². The number of aliphatic hydroxyl groups excluding tert-OH is 1. The van der Waals surface area contributed by atoms with Crippen LogP contribution in [0.15, 0.2) is 36.5 Å². The third-order valence-electron chi connectivity index (χ3n) is 3.08. The summed E-state index contributed by atoms with van der Waals surface area (Å²) < 4.78 is 50.4. The second-order valence-corrected chi connectivity index (χ2v) is 4.68. The summed E-state index contributed by atoms with van der Waals surface area (Å²) in [6, 6.07) is 6.56. The van der Waals surface area contributed by atoms with Gasteiger partial charge in [-0.2, -0.15) is 13.2 Å². The summed E-state index contributed by atoms with van der Waals surface area (Å²) in [5, 5.41) is 12.0. The van der Waals surface area contributed by atoms with Crippen LogP contribution in [0.1, 0.15) is 16.8 Å². The molecule has 0 saturated carbocycles. The van der Waals surface area contributed by atoms with E-state index in [-0.39, 0.29) is 5.56 Å². The maximum atomic E-state index is 13.2. The second kappa shape index (κ2) is 6.74. The number of alkyl halides is 3. The number of nitrogens with one attached hydrogen (secondary N) is 1. The van der Waals surface area contributed by atoms with Crippen LogP contribution in [0, 0.1) is 5.82 Å². The van der Waals surface area contributed by atoms with Crippen LogP contribution in [0.4, 0.5) is 23.2 Å². The summed E-state index contributed by atoms with van der Waals surface area (Å²) in [4.78, 5) is 3.76. The molecular formula is C15H14F4N2O. The topological polar surface area (TPSA) is 45.1 Å². The van der Waals surface area contributed by atoms with Gasteiger partial charge in [0.2, 0.25) is 0 Å². The second-order valence-electron chi connectivity index (χ2n) is 4.68. The van der Waals surface area contributed by atoms with Gasteiger partial charge in [0.1, 0.15) is 5.82 Å². The number of benzene rings is 1. The van der Waals surface area contributed by atoms with Gasteiger partial charge in [-0.1, -0.05) is 0 Å². The van der Waals surface area contributed by atoms with Crippen molar-refractivity contribution in [3.05, 3.63) is 59.2 Å². The minimum atomic E-state index is -4.39. The van der Waals surface area contributed by atoms with Gasteiger partial charge in [0, 0.05) is 36.1 Å². The third kappa shape index (κ3) is 4.17. The van der Waals surface area contributed by atoms with E-state index in [2.05, 4.69) is 10.3 Å². The zero-order valence-electron chi connectivity index (χ0n) is 11.5. The van der Waals surface area contributed by atoms with Crippen LogP contribution >= 0.6 is 0 Å². The largest absolute Gasteiger partial charge is 0.417 e. The molecule has 22 heavy (non-hydrogen) atoms. The van der Waals surface area contributed by atoms with Crippen LogP contribution in [0.25, 0.3) is 0 Å². The van der Waals surface area contributed by atoms with E-state index < -0.39 is 24.2 Å². The fourth-order valence-electron chi connectivity index (χ4n) is 1.88. The molecule has 0 aliphatic heterocycles. The number of hydrogen-bond donors (Lipinski definition) is 2. The fourth-order valence-corrected chi connectivity index (χ4v) is 1.88. The average Bonchev–Trinajstić information content (AvgIpc) is 2.48. The Balaban J connectivity index is 1.91. The van der Waals surface area contributed by atoms with Crippen LogP contribution in [0.2, 0.25) is 0 Å². The number of anilines is 1. The highest BCUT2D eigenvalue weighted by Gasteiger charge is 2.30. The molecule has 2 aromatic rings. The summed E-state index contributed by atoms with van der Waals surface area (Å²) in [5.74, 6) is -0.488. The van der Waals surface area contributed by atoms with Gasteiger partial charge < -0.3 is 10.4 Å². The van der Waals surface area contributed by atoms with Gasteiger partial charge in [0.15, 0.2) is 0 Å². The first kappa shape index (κ1) is 16.2. The highest BCUT2D eigenvalue weighted by Crippen LogP contribution is 2.28. The molecule has 3 nitrogen and oxygen atoms in total. The van der Waals surface area contributed by atoms with Gasteiger partial charge in [-0.25, -0.2) is 4.39 Å². The predicted molar refractivity (Wildman–Crippen MR) is 73.8 cm³/mol. The number of aromatic nitrogens is 1. The first-order chi connectivity index (χ1) is 10.4. The lowest BCUT2D eigenvalue weighted by molar-refractivity contribution is -0.137. The average molecular weight is 314 g/mol. The van der Waals surface area contributed by atoms with Crippen molar-refractivity contribution in [2.45, 2.75) is 19.2 Å². The number of pyridine rings is 1. The van der Waals surface area contributed by atoms with E-state index in [9.17, 15) is 17.6 Å². The standard InChI is InChI=1S/C15H14F4N2O/c16-14-4-3-13(7-10(14)9-22)20-6-5-12-2-1-11(8-21-12)15(17,18)19/h1-4,7-8,20,22H,5-6,9H2. The smallest absolute Gasteiger partial charge is 0.392 e. The summed E-state index contributed by atoms with van der Waals surface area (Å²) in [7, 11) is 0. The van der Waals surface area contributed by atoms with Crippen molar-refractivity contribution in [2.24, 2.45) is 0 Å². The summed E-state index contributed by atoms with van der Waals surface area (Å²) in [5.41, 5.74) is 0.537. The first-order valence-electron chi connectivity index (χ1n) is 6.55. The highest BCUT2D eigenvalue weighted by molar-refractivity contribution is 5.46. The van der Waals surface area contributed by atoms with Crippen LogP contribution in [-0.2, 0) is 19.2 Å². The maximum absolute atomic E-state index is 13.2. The van der Waals surface area contributed by atoms with Crippen LogP contribution < -0.4 is 5.32 Å². The van der Waals surface area contributed by atoms with E-state index in [0.29, 0.717) is 24.3 Å². The monoisotopic (exact) mass is 314 g/mol. The van der Waals surface area contributed by atoms with Crippen molar-refractivity contribution in [3.8, 4) is 0 Å². The normalized spacial score (nSPS) is 11.5. The molecule has 1 aromatic carbocycles. The molecule has 0 atom stereocenters. The third-order valence-corrected chi connectivity index (χ3v) is 3.08. The van der Waals surface area contributed by atoms with Crippen LogP contribution in [0.3, 0.4) is 0 Å². The molecule has 0 amide bonds. The molecule has 1 heterocycles. The Kier molecular flexibility index (Phi) is 4.97. The molecule has 0 aliphatic rings. The molecule has 0 spiro atoms. The van der Waals surface area contributed by atoms with Crippen molar-refractivity contribution in [1.29, 1.82) is 0 Å². The number of halogens is 4. The Hall–Kier alpha value is -2.15. The maximum Gasteiger partial charge on any atom is 0.417 e. The van der Waals surface area contributed by atoms with Gasteiger partial charge >= 0.3 is 6.18 Å². The van der Waals surface area contributed by atoms with Gasteiger partial charge in [0.25, 0.3) is 0 Å². The molecule has 1 aromatic heterocycles. The van der Waals surface area contributed by atoms with E-state index in [4.69, 9.17) is 5.11 Å². The molecule has 0 bridgehead atoms. The molecule has 7 heteroatoms. The minimum Gasteiger partial charge on any atom is -0.392 e. The molecular weight excluding hydrogens is 300 g/mol. The van der Waals surface area contributed by atoms with Gasteiger partial charge in [0.05, 0.1) is 12.2 Å². The Labute approximate surface area is 124 Å². The Morgan fingerprint density at radius 2 is 1.91 bits per heavy atom. The van der Waals surface area contributed by atoms with Gasteiger partial charge in [-0.15, -0.1) is 0 Å². The first-order valence-corrected chi connectivity index (χ1v) is 6.55. The van der Waals surface area contributed by atoms with E-state index >= 15 is 0 Å². The molecule has 0 aliphatic carbocycles. The summed E-state index contributed by atoms with van der Waals surface area (Å²) in [6.07, 6.45) is -3.17. The molecule has 2 rings (SSSR count). The Morgan fingerprint density at radius 1 is 1.14 bits per heavy atom. The van der Waals surface area contributed by atoms with Crippen LogP contribution in [-0.4, -0.2) is 16.6 Å². The Morgan fingerprint density at radius 3 is 2.50 bits per heavy atom. The van der Waals surface area contributed by atoms with Crippen LogP contribution in [0.5, 0.6) is 0 Å². The minimum absolute atomic E-state index is 0.178. The molecule has 2 N–H and O–H groups in total. The molecule has 0 unspecified atom stereocenters. The van der Waals surface area contributed by atoms with Crippen molar-refractivity contribution in [3.63, 3.8) is 0 Å². The van der Waals surface area contributed by atoms with Gasteiger partial charge in [-0.3, -0.25) is 4.98 Å². The van der Waals surface area contributed by atoms with E-state index in [0.717, 1.165) is 12.3 Å². The highest BCUT2D eigenvalue weighted by atomic mass is 19.4. The quantitative estimate of drug-likeness (QED) is 0.832.